The Morgan fingerprint density at radius 2 is 1.76 bits per heavy atom. The van der Waals surface area contributed by atoms with Gasteiger partial charge in [-0.05, 0) is 19.1 Å². The van der Waals surface area contributed by atoms with Crippen LogP contribution in [0.2, 0.25) is 0 Å². The van der Waals surface area contributed by atoms with E-state index in [4.69, 9.17) is 5.11 Å². The van der Waals surface area contributed by atoms with Crippen LogP contribution in [-0.2, 0) is 0 Å². The first-order chi connectivity index (χ1) is 7.87. The molecule has 17 heavy (non-hydrogen) atoms. The monoisotopic (exact) mass is 239 g/mol. The summed E-state index contributed by atoms with van der Waals surface area (Å²) in [6, 6.07) is 4.51. The minimum atomic E-state index is -0.228. The molecule has 0 aliphatic carbocycles. The van der Waals surface area contributed by atoms with E-state index in [2.05, 4.69) is 5.32 Å². The Labute approximate surface area is 102 Å². The van der Waals surface area contributed by atoms with Gasteiger partial charge < -0.3 is 20.6 Å². The van der Waals surface area contributed by atoms with Crippen LogP contribution in [0.4, 0.5) is 0 Å². The Morgan fingerprint density at radius 3 is 2.24 bits per heavy atom. The van der Waals surface area contributed by atoms with Gasteiger partial charge >= 0.3 is 0 Å². The third-order valence-electron chi connectivity index (χ3n) is 2.81. The number of rotatable bonds is 5. The number of aromatic hydroxyl groups is 2. The average molecular weight is 239 g/mol. The van der Waals surface area contributed by atoms with Crippen LogP contribution < -0.4 is 5.32 Å². The molecule has 0 saturated carbocycles. The molecule has 96 valence electrons. The predicted molar refractivity (Wildman–Crippen MR) is 67.1 cm³/mol. The van der Waals surface area contributed by atoms with Crippen molar-refractivity contribution >= 4 is 0 Å². The van der Waals surface area contributed by atoms with Crippen molar-refractivity contribution in [2.75, 3.05) is 13.2 Å². The summed E-state index contributed by atoms with van der Waals surface area (Å²) in [6.45, 7) is 6.43. The van der Waals surface area contributed by atoms with Gasteiger partial charge in [0.05, 0.1) is 5.56 Å². The number of hydrogen-bond acceptors (Lipinski definition) is 4. The summed E-state index contributed by atoms with van der Waals surface area (Å²) in [4.78, 5) is 0. The van der Waals surface area contributed by atoms with E-state index in [0.717, 1.165) is 0 Å². The van der Waals surface area contributed by atoms with Crippen molar-refractivity contribution in [2.24, 2.45) is 5.41 Å². The Bertz CT molecular complexity index is 357. The fraction of sp³-hybridized carbons (Fsp3) is 0.538. The first-order valence-corrected chi connectivity index (χ1v) is 5.72. The second-order valence-electron chi connectivity index (χ2n) is 5.13. The molecule has 0 aromatic heterocycles. The molecule has 0 radical (unpaired) electrons. The normalized spacial score (nSPS) is 13.6. The molecule has 0 heterocycles. The minimum absolute atomic E-state index is 0.0757. The maximum absolute atomic E-state index is 9.70. The number of nitrogens with one attached hydrogen (secondary N) is 1. The summed E-state index contributed by atoms with van der Waals surface area (Å²) >= 11 is 0. The van der Waals surface area contributed by atoms with Gasteiger partial charge in [0.2, 0.25) is 0 Å². The number of aliphatic hydroxyl groups is 1. The summed E-state index contributed by atoms with van der Waals surface area (Å²) in [5.74, 6) is 0.151. The second kappa shape index (κ2) is 5.38. The molecule has 0 spiro atoms. The maximum Gasteiger partial charge on any atom is 0.124 e. The topological polar surface area (TPSA) is 72.7 Å². The summed E-state index contributed by atoms with van der Waals surface area (Å²) < 4.78 is 0. The Morgan fingerprint density at radius 1 is 1.24 bits per heavy atom. The zero-order valence-corrected chi connectivity index (χ0v) is 10.6. The van der Waals surface area contributed by atoms with E-state index in [0.29, 0.717) is 12.1 Å². The van der Waals surface area contributed by atoms with Crippen molar-refractivity contribution < 1.29 is 15.3 Å². The quantitative estimate of drug-likeness (QED) is 0.632. The molecule has 4 nitrogen and oxygen atoms in total. The number of benzene rings is 1. The van der Waals surface area contributed by atoms with Crippen molar-refractivity contribution in [3.05, 3.63) is 23.8 Å². The zero-order valence-electron chi connectivity index (χ0n) is 10.6. The van der Waals surface area contributed by atoms with Gasteiger partial charge in [-0.3, -0.25) is 0 Å². The molecule has 1 atom stereocenters. The number of hydrogen-bond donors (Lipinski definition) is 4. The fourth-order valence-electron chi connectivity index (χ4n) is 1.57. The van der Waals surface area contributed by atoms with Gasteiger partial charge in [0, 0.05) is 24.6 Å². The van der Waals surface area contributed by atoms with Crippen molar-refractivity contribution in [1.29, 1.82) is 0 Å². The SMILES string of the molecule is CC(NCC(C)(C)CO)c1c(O)cccc1O. The van der Waals surface area contributed by atoms with Crippen LogP contribution >= 0.6 is 0 Å². The van der Waals surface area contributed by atoms with Gasteiger partial charge in [0.15, 0.2) is 0 Å². The van der Waals surface area contributed by atoms with Crippen molar-refractivity contribution in [2.45, 2.75) is 26.8 Å². The van der Waals surface area contributed by atoms with E-state index in [9.17, 15) is 10.2 Å². The highest BCUT2D eigenvalue weighted by Crippen LogP contribution is 2.32. The molecule has 0 aliphatic rings. The summed E-state index contributed by atoms with van der Waals surface area (Å²) in [7, 11) is 0. The summed E-state index contributed by atoms with van der Waals surface area (Å²) in [5.41, 5.74) is 0.259. The van der Waals surface area contributed by atoms with Crippen molar-refractivity contribution in [1.82, 2.24) is 5.32 Å². The maximum atomic E-state index is 9.70. The van der Waals surface area contributed by atoms with Gasteiger partial charge in [0.25, 0.3) is 0 Å². The molecule has 4 N–H and O–H groups in total. The molecular weight excluding hydrogens is 218 g/mol. The lowest BCUT2D eigenvalue weighted by molar-refractivity contribution is 0.153. The van der Waals surface area contributed by atoms with Crippen LogP contribution in [0.15, 0.2) is 18.2 Å². The molecule has 0 aliphatic heterocycles. The predicted octanol–water partition coefficient (Wildman–Crippen LogP) is 1.77. The molecule has 0 amide bonds. The molecule has 1 unspecified atom stereocenters. The number of phenolic OH excluding ortho intramolecular Hbond substituents is 2. The molecule has 0 saturated heterocycles. The minimum Gasteiger partial charge on any atom is -0.507 e. The molecule has 0 fully saturated rings. The molecule has 0 bridgehead atoms. The van der Waals surface area contributed by atoms with Gasteiger partial charge in [-0.2, -0.15) is 0 Å². The molecule has 1 aromatic rings. The second-order valence-corrected chi connectivity index (χ2v) is 5.13. The lowest BCUT2D eigenvalue weighted by Gasteiger charge is -2.25. The van der Waals surface area contributed by atoms with Crippen molar-refractivity contribution in [3.8, 4) is 11.5 Å². The third-order valence-corrected chi connectivity index (χ3v) is 2.81. The lowest BCUT2D eigenvalue weighted by Crippen LogP contribution is -2.33. The Kier molecular flexibility index (Phi) is 4.37. The third kappa shape index (κ3) is 3.61. The van der Waals surface area contributed by atoms with Crippen LogP contribution in [0.25, 0.3) is 0 Å². The van der Waals surface area contributed by atoms with Crippen molar-refractivity contribution in [3.63, 3.8) is 0 Å². The molecular formula is C13H21NO3. The van der Waals surface area contributed by atoms with Gasteiger partial charge in [0.1, 0.15) is 11.5 Å². The van der Waals surface area contributed by atoms with Gasteiger partial charge in [-0.25, -0.2) is 0 Å². The Balaban J connectivity index is 2.74. The number of aliphatic hydroxyl groups excluding tert-OH is 1. The standard InChI is InChI=1S/C13H21NO3/c1-9(14-7-13(2,3)8-15)12-10(16)5-4-6-11(12)17/h4-6,9,14-17H,7-8H2,1-3H3. The molecule has 1 aromatic carbocycles. The first-order valence-electron chi connectivity index (χ1n) is 5.72. The fourth-order valence-corrected chi connectivity index (χ4v) is 1.57. The van der Waals surface area contributed by atoms with Crippen LogP contribution in [0.3, 0.4) is 0 Å². The van der Waals surface area contributed by atoms with E-state index in [-0.39, 0.29) is 29.6 Å². The molecule has 1 rings (SSSR count). The summed E-state index contributed by atoms with van der Waals surface area (Å²) in [6.07, 6.45) is 0. The highest BCUT2D eigenvalue weighted by atomic mass is 16.3. The van der Waals surface area contributed by atoms with Gasteiger partial charge in [-0.15, -0.1) is 0 Å². The van der Waals surface area contributed by atoms with E-state index in [1.54, 1.807) is 18.2 Å². The Hall–Kier alpha value is -1.26. The highest BCUT2D eigenvalue weighted by Gasteiger charge is 2.20. The smallest absolute Gasteiger partial charge is 0.124 e. The van der Waals surface area contributed by atoms with Crippen LogP contribution in [0, 0.1) is 5.41 Å². The zero-order chi connectivity index (χ0) is 13.1. The largest absolute Gasteiger partial charge is 0.507 e. The van der Waals surface area contributed by atoms with E-state index in [1.165, 1.54) is 0 Å². The van der Waals surface area contributed by atoms with Crippen LogP contribution in [0.1, 0.15) is 32.4 Å². The highest BCUT2D eigenvalue weighted by molar-refractivity contribution is 5.44. The van der Waals surface area contributed by atoms with E-state index in [1.807, 2.05) is 20.8 Å². The molecule has 4 heteroatoms. The lowest BCUT2D eigenvalue weighted by atomic mass is 9.94. The van der Waals surface area contributed by atoms with E-state index < -0.39 is 0 Å². The summed E-state index contributed by atoms with van der Waals surface area (Å²) in [5, 5.41) is 31.7. The number of phenols is 2. The first kappa shape index (κ1) is 13.8. The van der Waals surface area contributed by atoms with E-state index >= 15 is 0 Å². The van der Waals surface area contributed by atoms with Crippen LogP contribution in [0.5, 0.6) is 11.5 Å². The van der Waals surface area contributed by atoms with Gasteiger partial charge in [-0.1, -0.05) is 19.9 Å². The average Bonchev–Trinajstić information content (AvgIpc) is 2.26. The van der Waals surface area contributed by atoms with Crippen LogP contribution in [-0.4, -0.2) is 28.5 Å².